The average Bonchev–Trinajstić information content (AvgIpc) is 2.63. The number of rotatable bonds is 2. The van der Waals surface area contributed by atoms with E-state index < -0.39 is 0 Å². The van der Waals surface area contributed by atoms with E-state index in [0.717, 1.165) is 25.2 Å². The van der Waals surface area contributed by atoms with Crippen LogP contribution in [0.25, 0.3) is 0 Å². The van der Waals surface area contributed by atoms with Crippen molar-refractivity contribution in [3.63, 3.8) is 0 Å². The SMILES string of the molecule is Cn1nccc1NC(=O)C1NCCCC1(C)C. The molecule has 1 atom stereocenters. The maximum absolute atomic E-state index is 12.2. The Balaban J connectivity index is 2.07. The molecule has 2 rings (SSSR count). The van der Waals surface area contributed by atoms with Crippen LogP contribution in [0.15, 0.2) is 12.3 Å². The predicted octanol–water partition coefficient (Wildman–Crippen LogP) is 1.14. The van der Waals surface area contributed by atoms with Crippen molar-refractivity contribution in [2.75, 3.05) is 11.9 Å². The molecule has 94 valence electrons. The highest BCUT2D eigenvalue weighted by Gasteiger charge is 2.37. The number of aromatic nitrogens is 2. The second-order valence-corrected chi connectivity index (χ2v) is 5.31. The summed E-state index contributed by atoms with van der Waals surface area (Å²) in [5, 5.41) is 10.2. The molecule has 1 saturated heterocycles. The van der Waals surface area contributed by atoms with Gasteiger partial charge in [-0.3, -0.25) is 9.48 Å². The molecule has 1 amide bonds. The summed E-state index contributed by atoms with van der Waals surface area (Å²) < 4.78 is 1.66. The summed E-state index contributed by atoms with van der Waals surface area (Å²) in [5.74, 6) is 0.761. The quantitative estimate of drug-likeness (QED) is 0.809. The highest BCUT2D eigenvalue weighted by Crippen LogP contribution is 2.30. The monoisotopic (exact) mass is 236 g/mol. The van der Waals surface area contributed by atoms with Crippen LogP contribution in [0.2, 0.25) is 0 Å². The minimum absolute atomic E-state index is 0.000919. The van der Waals surface area contributed by atoms with Crippen LogP contribution in [0.3, 0.4) is 0 Å². The second kappa shape index (κ2) is 4.49. The van der Waals surface area contributed by atoms with Gasteiger partial charge in [0.15, 0.2) is 0 Å². The largest absolute Gasteiger partial charge is 0.310 e. The summed E-state index contributed by atoms with van der Waals surface area (Å²) in [6.45, 7) is 5.17. The van der Waals surface area contributed by atoms with Gasteiger partial charge in [-0.05, 0) is 24.8 Å². The van der Waals surface area contributed by atoms with Crippen molar-refractivity contribution in [2.24, 2.45) is 12.5 Å². The van der Waals surface area contributed by atoms with E-state index in [1.165, 1.54) is 0 Å². The van der Waals surface area contributed by atoms with Gasteiger partial charge in [-0.25, -0.2) is 0 Å². The molecule has 1 aliphatic heterocycles. The number of anilines is 1. The lowest BCUT2D eigenvalue weighted by Crippen LogP contribution is -2.53. The van der Waals surface area contributed by atoms with Gasteiger partial charge in [0.1, 0.15) is 5.82 Å². The lowest BCUT2D eigenvalue weighted by atomic mass is 9.77. The van der Waals surface area contributed by atoms with Crippen molar-refractivity contribution in [2.45, 2.75) is 32.7 Å². The molecule has 0 saturated carbocycles. The van der Waals surface area contributed by atoms with E-state index in [-0.39, 0.29) is 17.4 Å². The minimum atomic E-state index is -0.133. The number of nitrogens with one attached hydrogen (secondary N) is 2. The molecular weight excluding hydrogens is 216 g/mol. The average molecular weight is 236 g/mol. The van der Waals surface area contributed by atoms with Crippen LogP contribution >= 0.6 is 0 Å². The van der Waals surface area contributed by atoms with E-state index in [1.54, 1.807) is 16.9 Å². The molecule has 0 aromatic carbocycles. The maximum Gasteiger partial charge on any atom is 0.243 e. The molecule has 5 heteroatoms. The normalized spacial score (nSPS) is 23.4. The van der Waals surface area contributed by atoms with Crippen molar-refractivity contribution < 1.29 is 4.79 Å². The molecule has 1 aliphatic rings. The zero-order chi connectivity index (χ0) is 12.5. The lowest BCUT2D eigenvalue weighted by molar-refractivity contribution is -0.121. The molecule has 1 fully saturated rings. The molecule has 2 N–H and O–H groups in total. The van der Waals surface area contributed by atoms with Crippen LogP contribution in [0, 0.1) is 5.41 Å². The number of piperidine rings is 1. The Kier molecular flexibility index (Phi) is 3.19. The smallest absolute Gasteiger partial charge is 0.243 e. The first-order valence-corrected chi connectivity index (χ1v) is 6.03. The van der Waals surface area contributed by atoms with Gasteiger partial charge in [-0.1, -0.05) is 13.8 Å². The number of carbonyl (C=O) groups excluding carboxylic acids is 1. The molecular formula is C12H20N4O. The Morgan fingerprint density at radius 3 is 3.00 bits per heavy atom. The van der Waals surface area contributed by atoms with Gasteiger partial charge in [0, 0.05) is 13.1 Å². The van der Waals surface area contributed by atoms with Gasteiger partial charge in [0.25, 0.3) is 0 Å². The third kappa shape index (κ3) is 2.49. The molecule has 17 heavy (non-hydrogen) atoms. The van der Waals surface area contributed by atoms with Gasteiger partial charge in [-0.15, -0.1) is 0 Å². The first-order valence-electron chi connectivity index (χ1n) is 6.03. The van der Waals surface area contributed by atoms with Crippen LogP contribution in [0.5, 0.6) is 0 Å². The topological polar surface area (TPSA) is 59.0 Å². The minimum Gasteiger partial charge on any atom is -0.310 e. The number of amides is 1. The zero-order valence-electron chi connectivity index (χ0n) is 10.7. The van der Waals surface area contributed by atoms with Crippen molar-refractivity contribution in [1.82, 2.24) is 15.1 Å². The van der Waals surface area contributed by atoms with Gasteiger partial charge < -0.3 is 10.6 Å². The van der Waals surface area contributed by atoms with E-state index in [9.17, 15) is 4.79 Å². The predicted molar refractivity (Wildman–Crippen MR) is 66.6 cm³/mol. The lowest BCUT2D eigenvalue weighted by Gasteiger charge is -2.38. The fraction of sp³-hybridized carbons (Fsp3) is 0.667. The first-order chi connectivity index (χ1) is 8.00. The summed E-state index contributed by atoms with van der Waals surface area (Å²) in [5.41, 5.74) is 0.000919. The number of hydrogen-bond acceptors (Lipinski definition) is 3. The molecule has 2 heterocycles. The van der Waals surface area contributed by atoms with Crippen molar-refractivity contribution in [3.8, 4) is 0 Å². The van der Waals surface area contributed by atoms with Crippen LogP contribution in [-0.4, -0.2) is 28.3 Å². The zero-order valence-corrected chi connectivity index (χ0v) is 10.7. The van der Waals surface area contributed by atoms with E-state index in [4.69, 9.17) is 0 Å². The third-order valence-electron chi connectivity index (χ3n) is 3.46. The summed E-state index contributed by atoms with van der Waals surface area (Å²) in [4.78, 5) is 12.2. The van der Waals surface area contributed by atoms with Crippen LogP contribution in [0.1, 0.15) is 26.7 Å². The van der Waals surface area contributed by atoms with Crippen LogP contribution < -0.4 is 10.6 Å². The molecule has 0 aliphatic carbocycles. The Hall–Kier alpha value is -1.36. The molecule has 5 nitrogen and oxygen atoms in total. The van der Waals surface area contributed by atoms with Crippen molar-refractivity contribution >= 4 is 11.7 Å². The van der Waals surface area contributed by atoms with Crippen LogP contribution in [-0.2, 0) is 11.8 Å². The third-order valence-corrected chi connectivity index (χ3v) is 3.46. The van der Waals surface area contributed by atoms with Crippen molar-refractivity contribution in [3.05, 3.63) is 12.3 Å². The Morgan fingerprint density at radius 2 is 2.41 bits per heavy atom. The van der Waals surface area contributed by atoms with Gasteiger partial charge in [0.2, 0.25) is 5.91 Å². The maximum atomic E-state index is 12.2. The molecule has 0 spiro atoms. The number of hydrogen-bond donors (Lipinski definition) is 2. The Labute approximate surface area is 102 Å². The Morgan fingerprint density at radius 1 is 1.65 bits per heavy atom. The first kappa shape index (κ1) is 12.1. The van der Waals surface area contributed by atoms with Crippen LogP contribution in [0.4, 0.5) is 5.82 Å². The van der Waals surface area contributed by atoms with E-state index in [0.29, 0.717) is 0 Å². The van der Waals surface area contributed by atoms with Crippen molar-refractivity contribution in [1.29, 1.82) is 0 Å². The molecule has 1 aromatic heterocycles. The van der Waals surface area contributed by atoms with E-state index >= 15 is 0 Å². The highest BCUT2D eigenvalue weighted by atomic mass is 16.2. The second-order valence-electron chi connectivity index (χ2n) is 5.31. The standard InChI is InChI=1S/C12H20N4O/c1-12(2)6-4-7-13-10(12)11(17)15-9-5-8-14-16(9)3/h5,8,10,13H,4,6-7H2,1-3H3,(H,15,17). The van der Waals surface area contributed by atoms with Gasteiger partial charge in [0.05, 0.1) is 12.2 Å². The summed E-state index contributed by atoms with van der Waals surface area (Å²) in [7, 11) is 1.81. The summed E-state index contributed by atoms with van der Waals surface area (Å²) >= 11 is 0. The number of carbonyl (C=O) groups is 1. The molecule has 1 aromatic rings. The highest BCUT2D eigenvalue weighted by molar-refractivity contribution is 5.94. The van der Waals surface area contributed by atoms with Gasteiger partial charge >= 0.3 is 0 Å². The Bertz CT molecular complexity index is 410. The molecule has 1 unspecified atom stereocenters. The molecule has 0 bridgehead atoms. The van der Waals surface area contributed by atoms with E-state index in [1.807, 2.05) is 7.05 Å². The number of aryl methyl sites for hydroxylation is 1. The summed E-state index contributed by atoms with van der Waals surface area (Å²) in [6, 6.07) is 1.67. The summed E-state index contributed by atoms with van der Waals surface area (Å²) in [6.07, 6.45) is 3.88. The fourth-order valence-corrected chi connectivity index (χ4v) is 2.35. The fourth-order valence-electron chi connectivity index (χ4n) is 2.35. The molecule has 0 radical (unpaired) electrons. The van der Waals surface area contributed by atoms with Gasteiger partial charge in [-0.2, -0.15) is 5.10 Å². The van der Waals surface area contributed by atoms with E-state index in [2.05, 4.69) is 29.6 Å². The number of nitrogens with zero attached hydrogens (tertiary/aromatic N) is 2.